The fourth-order valence-corrected chi connectivity index (χ4v) is 2.85. The number of ether oxygens (including phenoxy) is 2. The van der Waals surface area contributed by atoms with E-state index in [0.29, 0.717) is 22.1 Å². The Morgan fingerprint density at radius 3 is 2.46 bits per heavy atom. The van der Waals surface area contributed by atoms with E-state index in [0.717, 1.165) is 5.56 Å². The highest BCUT2D eigenvalue weighted by atomic mass is 35.5. The molecule has 0 saturated heterocycles. The van der Waals surface area contributed by atoms with Gasteiger partial charge in [0.1, 0.15) is 11.6 Å². The summed E-state index contributed by atoms with van der Waals surface area (Å²) in [5.41, 5.74) is 1.49. The average Bonchev–Trinajstić information content (AvgIpc) is 2.68. The molecule has 0 radical (unpaired) electrons. The highest BCUT2D eigenvalue weighted by Crippen LogP contribution is 2.37. The van der Waals surface area contributed by atoms with Crippen LogP contribution in [0.15, 0.2) is 48.0 Å². The van der Waals surface area contributed by atoms with Crippen molar-refractivity contribution < 1.29 is 14.3 Å². The van der Waals surface area contributed by atoms with Gasteiger partial charge in [-0.05, 0) is 50.1 Å². The summed E-state index contributed by atoms with van der Waals surface area (Å²) in [6, 6.07) is 14.6. The molecule has 146 valence electrons. The fourth-order valence-electron chi connectivity index (χ4n) is 2.59. The third kappa shape index (κ3) is 5.51. The largest absolute Gasteiger partial charge is 0.493 e. The van der Waals surface area contributed by atoms with Crippen molar-refractivity contribution in [2.24, 2.45) is 0 Å². The van der Waals surface area contributed by atoms with Crippen molar-refractivity contribution in [2.45, 2.75) is 32.9 Å². The molecule has 0 aliphatic heterocycles. The lowest BCUT2D eigenvalue weighted by atomic mass is 10.1. The lowest BCUT2D eigenvalue weighted by Crippen LogP contribution is -2.27. The lowest BCUT2D eigenvalue weighted by molar-refractivity contribution is -0.117. The van der Waals surface area contributed by atoms with Crippen molar-refractivity contribution in [1.82, 2.24) is 5.32 Å². The van der Waals surface area contributed by atoms with Crippen LogP contribution in [0.2, 0.25) is 5.02 Å². The average molecular weight is 399 g/mol. The Kier molecular flexibility index (Phi) is 7.48. The quantitative estimate of drug-likeness (QED) is 0.530. The minimum atomic E-state index is -0.462. The first-order chi connectivity index (χ1) is 13.3. The number of halogens is 1. The van der Waals surface area contributed by atoms with E-state index in [1.54, 1.807) is 12.1 Å². The molecular weight excluding hydrogens is 376 g/mol. The van der Waals surface area contributed by atoms with E-state index >= 15 is 0 Å². The van der Waals surface area contributed by atoms with Gasteiger partial charge in [-0.1, -0.05) is 41.9 Å². The molecular formula is C22H23ClN2O3. The van der Waals surface area contributed by atoms with Crippen LogP contribution >= 0.6 is 11.6 Å². The molecule has 1 amide bonds. The summed E-state index contributed by atoms with van der Waals surface area (Å²) in [6.45, 7) is 5.63. The Morgan fingerprint density at radius 1 is 1.21 bits per heavy atom. The first-order valence-electron chi connectivity index (χ1n) is 8.87. The number of amides is 1. The van der Waals surface area contributed by atoms with Crippen molar-refractivity contribution >= 4 is 23.6 Å². The number of nitrogens with zero attached hydrogens (tertiary/aromatic N) is 1. The van der Waals surface area contributed by atoms with E-state index < -0.39 is 5.91 Å². The number of carbonyl (C=O) groups excluding carboxylic acids is 1. The summed E-state index contributed by atoms with van der Waals surface area (Å²) < 4.78 is 11.0. The van der Waals surface area contributed by atoms with Crippen LogP contribution in [0.3, 0.4) is 0 Å². The first-order valence-corrected chi connectivity index (χ1v) is 9.25. The van der Waals surface area contributed by atoms with Crippen LogP contribution in [0.25, 0.3) is 6.08 Å². The number of methoxy groups -OCH3 is 1. The summed E-state index contributed by atoms with van der Waals surface area (Å²) in [5, 5.41) is 12.6. The van der Waals surface area contributed by atoms with Crippen LogP contribution in [0, 0.1) is 11.3 Å². The predicted molar refractivity (Wildman–Crippen MR) is 110 cm³/mol. The fraction of sp³-hybridized carbons (Fsp3) is 0.273. The molecule has 0 heterocycles. The maximum atomic E-state index is 12.5. The van der Waals surface area contributed by atoms with E-state index in [4.69, 9.17) is 21.1 Å². The van der Waals surface area contributed by atoms with Crippen molar-refractivity contribution in [2.75, 3.05) is 7.11 Å². The Bertz CT molecular complexity index is 902. The maximum Gasteiger partial charge on any atom is 0.262 e. The minimum absolute atomic E-state index is 0.0292. The Hall–Kier alpha value is -2.97. The number of carbonyl (C=O) groups is 1. The van der Waals surface area contributed by atoms with E-state index in [2.05, 4.69) is 5.32 Å². The highest BCUT2D eigenvalue weighted by molar-refractivity contribution is 6.32. The smallest absolute Gasteiger partial charge is 0.262 e. The number of nitriles is 1. The van der Waals surface area contributed by atoms with E-state index in [-0.39, 0.29) is 17.7 Å². The molecule has 2 aromatic rings. The number of rotatable bonds is 7. The van der Waals surface area contributed by atoms with Gasteiger partial charge in [0.15, 0.2) is 11.5 Å². The van der Waals surface area contributed by atoms with E-state index in [1.165, 1.54) is 13.2 Å². The molecule has 0 aliphatic carbocycles. The van der Waals surface area contributed by atoms with Gasteiger partial charge in [-0.2, -0.15) is 5.26 Å². The van der Waals surface area contributed by atoms with Crippen molar-refractivity contribution in [1.29, 1.82) is 5.26 Å². The second-order valence-corrected chi connectivity index (χ2v) is 6.88. The van der Waals surface area contributed by atoms with Crippen LogP contribution in [-0.4, -0.2) is 19.1 Å². The molecule has 2 rings (SSSR count). The summed E-state index contributed by atoms with van der Waals surface area (Å²) in [7, 11) is 1.51. The van der Waals surface area contributed by atoms with Gasteiger partial charge in [-0.25, -0.2) is 0 Å². The Morgan fingerprint density at radius 2 is 1.89 bits per heavy atom. The van der Waals surface area contributed by atoms with Crippen LogP contribution < -0.4 is 14.8 Å². The molecule has 1 atom stereocenters. The highest BCUT2D eigenvalue weighted by Gasteiger charge is 2.16. The Labute approximate surface area is 170 Å². The van der Waals surface area contributed by atoms with Gasteiger partial charge in [0, 0.05) is 0 Å². The first kappa shape index (κ1) is 21.3. The molecule has 28 heavy (non-hydrogen) atoms. The molecule has 0 fully saturated rings. The van der Waals surface area contributed by atoms with Gasteiger partial charge in [0.2, 0.25) is 0 Å². The SMILES string of the molecule is COc1cc(/C=C(\C#N)C(=O)N[C@H](C)c2ccccc2)cc(Cl)c1OC(C)C. The third-order valence-corrected chi connectivity index (χ3v) is 4.21. The standard InChI is InChI=1S/C22H23ClN2O3/c1-14(2)28-21-19(23)11-16(12-20(21)27-4)10-18(13-24)22(26)25-15(3)17-8-6-5-7-9-17/h5-12,14-15H,1-4H3,(H,25,26)/b18-10+/t15-/m1/s1. The molecule has 0 bridgehead atoms. The molecule has 1 N–H and O–H groups in total. The molecule has 0 aliphatic rings. The molecule has 0 saturated carbocycles. The zero-order chi connectivity index (χ0) is 20.7. The zero-order valence-corrected chi connectivity index (χ0v) is 17.1. The monoisotopic (exact) mass is 398 g/mol. The number of nitrogens with one attached hydrogen (secondary N) is 1. The third-order valence-electron chi connectivity index (χ3n) is 3.93. The number of hydrogen-bond donors (Lipinski definition) is 1. The predicted octanol–water partition coefficient (Wildman–Crippen LogP) is 4.92. The van der Waals surface area contributed by atoms with Gasteiger partial charge in [-0.15, -0.1) is 0 Å². The zero-order valence-electron chi connectivity index (χ0n) is 16.3. The van der Waals surface area contributed by atoms with Gasteiger partial charge < -0.3 is 14.8 Å². The maximum absolute atomic E-state index is 12.5. The van der Waals surface area contributed by atoms with Gasteiger partial charge in [-0.3, -0.25) is 4.79 Å². The van der Waals surface area contributed by atoms with Crippen LogP contribution in [0.5, 0.6) is 11.5 Å². The van der Waals surface area contributed by atoms with E-state index in [1.807, 2.05) is 57.2 Å². The summed E-state index contributed by atoms with van der Waals surface area (Å²) in [4.78, 5) is 12.5. The number of benzene rings is 2. The summed E-state index contributed by atoms with van der Waals surface area (Å²) in [6.07, 6.45) is 1.40. The second-order valence-electron chi connectivity index (χ2n) is 6.48. The van der Waals surface area contributed by atoms with Gasteiger partial charge in [0.25, 0.3) is 5.91 Å². The Balaban J connectivity index is 2.27. The second kappa shape index (κ2) is 9.82. The lowest BCUT2D eigenvalue weighted by Gasteiger charge is -2.16. The molecule has 6 heteroatoms. The van der Waals surface area contributed by atoms with Gasteiger partial charge >= 0.3 is 0 Å². The summed E-state index contributed by atoms with van der Waals surface area (Å²) in [5.74, 6) is 0.399. The normalized spacial score (nSPS) is 12.2. The van der Waals surface area contributed by atoms with Crippen molar-refractivity contribution in [3.63, 3.8) is 0 Å². The minimum Gasteiger partial charge on any atom is -0.493 e. The van der Waals surface area contributed by atoms with Crippen molar-refractivity contribution in [3.8, 4) is 17.6 Å². The molecule has 0 spiro atoms. The van der Waals surface area contributed by atoms with Crippen LogP contribution in [0.4, 0.5) is 0 Å². The molecule has 0 aromatic heterocycles. The van der Waals surface area contributed by atoms with E-state index in [9.17, 15) is 10.1 Å². The molecule has 5 nitrogen and oxygen atoms in total. The van der Waals surface area contributed by atoms with Crippen LogP contribution in [-0.2, 0) is 4.79 Å². The number of hydrogen-bond acceptors (Lipinski definition) is 4. The van der Waals surface area contributed by atoms with Crippen LogP contribution in [0.1, 0.15) is 37.9 Å². The summed E-state index contributed by atoms with van der Waals surface area (Å²) >= 11 is 6.31. The topological polar surface area (TPSA) is 71.3 Å². The van der Waals surface area contributed by atoms with Crippen molar-refractivity contribution in [3.05, 3.63) is 64.2 Å². The molecule has 0 unspecified atom stereocenters. The molecule has 2 aromatic carbocycles. The van der Waals surface area contributed by atoms with Gasteiger partial charge in [0.05, 0.1) is 24.3 Å².